The molecule has 0 bridgehead atoms. The molecule has 69 valence electrons. The van der Waals surface area contributed by atoms with Crippen molar-refractivity contribution < 1.29 is 0 Å². The minimum absolute atomic E-state index is 0.381. The summed E-state index contributed by atoms with van der Waals surface area (Å²) >= 11 is 0. The second-order valence-electron chi connectivity index (χ2n) is 2.63. The number of hydrogen-bond donors (Lipinski definition) is 1. The molecule has 1 aromatic carbocycles. The maximum atomic E-state index is 5.52. The molecule has 0 aliphatic heterocycles. The molecule has 0 atom stereocenters. The topological polar surface area (TPSA) is 52.5 Å². The summed E-state index contributed by atoms with van der Waals surface area (Å²) in [5, 5.41) is 3.97. The molecule has 0 amide bonds. The van der Waals surface area contributed by atoms with Crippen molar-refractivity contribution in [3.05, 3.63) is 35.9 Å². The highest BCUT2D eigenvalue weighted by molar-refractivity contribution is 5.77. The number of benzene rings is 1. The molecule has 3 nitrogen and oxygen atoms in total. The Morgan fingerprint density at radius 2 is 2.00 bits per heavy atom. The largest absolute Gasteiger partial charge is 0.368 e. The number of guanidine groups is 1. The van der Waals surface area contributed by atoms with E-state index < -0.39 is 0 Å². The summed E-state index contributed by atoms with van der Waals surface area (Å²) in [5.74, 6) is 0.381. The quantitative estimate of drug-likeness (QED) is 0.544. The summed E-state index contributed by atoms with van der Waals surface area (Å²) in [6.45, 7) is 3.23. The first kappa shape index (κ1) is 9.58. The zero-order valence-corrected chi connectivity index (χ0v) is 7.77. The highest BCUT2D eigenvalue weighted by Gasteiger charge is 1.91. The van der Waals surface area contributed by atoms with Crippen LogP contribution < -0.4 is 11.1 Å². The van der Waals surface area contributed by atoms with E-state index in [0.29, 0.717) is 19.0 Å². The molecule has 1 aromatic rings. The van der Waals surface area contributed by atoms with Crippen molar-refractivity contribution in [3.63, 3.8) is 0 Å². The third kappa shape index (κ3) is 3.60. The van der Waals surface area contributed by atoms with Crippen molar-refractivity contribution in [2.75, 3.05) is 6.54 Å². The fraction of sp³-hybridized carbons (Fsp3) is 0.300. The Balaban J connectivity index is 2.47. The minimum Gasteiger partial charge on any atom is -0.368 e. The summed E-state index contributed by atoms with van der Waals surface area (Å²) < 4.78 is 0. The van der Waals surface area contributed by atoms with Crippen LogP contribution in [0.25, 0.3) is 0 Å². The van der Waals surface area contributed by atoms with E-state index in [-0.39, 0.29) is 0 Å². The first-order valence-electron chi connectivity index (χ1n) is 4.34. The van der Waals surface area contributed by atoms with Gasteiger partial charge in [0.2, 0.25) is 5.96 Å². The maximum Gasteiger partial charge on any atom is 0.210 e. The van der Waals surface area contributed by atoms with Crippen LogP contribution in [-0.2, 0) is 6.54 Å². The van der Waals surface area contributed by atoms with E-state index in [4.69, 9.17) is 5.73 Å². The third-order valence-corrected chi connectivity index (χ3v) is 1.59. The standard InChI is InChI=1S/C10H14N3/c1-2-12-10(11)13-8-9-6-4-3-5-7-9/h3-7H,2,8H2,1H3,(H2,11,13). The minimum atomic E-state index is 0.381. The Morgan fingerprint density at radius 3 is 2.62 bits per heavy atom. The van der Waals surface area contributed by atoms with E-state index in [9.17, 15) is 0 Å². The van der Waals surface area contributed by atoms with Gasteiger partial charge in [0.1, 0.15) is 0 Å². The van der Waals surface area contributed by atoms with Crippen LogP contribution >= 0.6 is 0 Å². The summed E-state index contributed by atoms with van der Waals surface area (Å²) in [6, 6.07) is 9.98. The van der Waals surface area contributed by atoms with Crippen molar-refractivity contribution in [3.8, 4) is 0 Å². The van der Waals surface area contributed by atoms with E-state index in [2.05, 4.69) is 10.3 Å². The van der Waals surface area contributed by atoms with Gasteiger partial charge in [0.25, 0.3) is 0 Å². The van der Waals surface area contributed by atoms with Crippen LogP contribution in [0.4, 0.5) is 0 Å². The molecule has 0 saturated carbocycles. The van der Waals surface area contributed by atoms with Crippen molar-refractivity contribution >= 4 is 5.96 Å². The Labute approximate surface area is 78.7 Å². The van der Waals surface area contributed by atoms with E-state index in [1.54, 1.807) is 0 Å². The molecule has 0 aromatic heterocycles. The molecule has 1 radical (unpaired) electrons. The van der Waals surface area contributed by atoms with Crippen molar-refractivity contribution in [1.82, 2.24) is 5.32 Å². The van der Waals surface area contributed by atoms with Crippen LogP contribution in [0.2, 0.25) is 0 Å². The highest BCUT2D eigenvalue weighted by Crippen LogP contribution is 1.99. The molecule has 1 rings (SSSR count). The molecule has 0 unspecified atom stereocenters. The first-order chi connectivity index (χ1) is 6.33. The van der Waals surface area contributed by atoms with Gasteiger partial charge in [0, 0.05) is 6.54 Å². The van der Waals surface area contributed by atoms with Crippen molar-refractivity contribution in [2.45, 2.75) is 13.5 Å². The second-order valence-corrected chi connectivity index (χ2v) is 2.63. The van der Waals surface area contributed by atoms with Crippen LogP contribution in [0, 0.1) is 0 Å². The molecule has 0 fully saturated rings. The monoisotopic (exact) mass is 176 g/mol. The zero-order valence-electron chi connectivity index (χ0n) is 7.77. The fourth-order valence-electron chi connectivity index (χ4n) is 0.968. The number of nitrogens with zero attached hydrogens (tertiary/aromatic N) is 2. The Kier molecular flexibility index (Phi) is 3.82. The van der Waals surface area contributed by atoms with E-state index >= 15 is 0 Å². The number of rotatable bonds is 3. The van der Waals surface area contributed by atoms with Gasteiger partial charge >= 0.3 is 0 Å². The van der Waals surface area contributed by atoms with Gasteiger partial charge in [-0.05, 0) is 12.5 Å². The summed E-state index contributed by atoms with van der Waals surface area (Å²) in [7, 11) is 0. The van der Waals surface area contributed by atoms with Gasteiger partial charge in [-0.1, -0.05) is 30.3 Å². The van der Waals surface area contributed by atoms with Crippen LogP contribution in [-0.4, -0.2) is 12.5 Å². The maximum absolute atomic E-state index is 5.52. The van der Waals surface area contributed by atoms with E-state index in [0.717, 1.165) is 5.56 Å². The molecular weight excluding hydrogens is 162 g/mol. The molecule has 13 heavy (non-hydrogen) atoms. The van der Waals surface area contributed by atoms with Gasteiger partial charge in [-0.3, -0.25) is 5.32 Å². The molecule has 3 heteroatoms. The third-order valence-electron chi connectivity index (χ3n) is 1.59. The molecule has 0 heterocycles. The molecular formula is C10H14N3. The normalized spacial score (nSPS) is 11.3. The predicted octanol–water partition coefficient (Wildman–Crippen LogP) is 1.13. The van der Waals surface area contributed by atoms with Gasteiger partial charge < -0.3 is 5.73 Å². The molecule has 2 N–H and O–H groups in total. The predicted molar refractivity (Wildman–Crippen MR) is 54.4 cm³/mol. The summed E-state index contributed by atoms with van der Waals surface area (Å²) in [6.07, 6.45) is 0. The Hall–Kier alpha value is -1.51. The van der Waals surface area contributed by atoms with Gasteiger partial charge in [-0.25, -0.2) is 4.99 Å². The lowest BCUT2D eigenvalue weighted by molar-refractivity contribution is 0.911. The van der Waals surface area contributed by atoms with Gasteiger partial charge in [-0.15, -0.1) is 0 Å². The highest BCUT2D eigenvalue weighted by atomic mass is 15.1. The number of nitrogens with two attached hydrogens (primary N) is 1. The molecule has 0 aliphatic rings. The molecule has 0 saturated heterocycles. The van der Waals surface area contributed by atoms with Gasteiger partial charge in [0.15, 0.2) is 0 Å². The Morgan fingerprint density at radius 1 is 1.31 bits per heavy atom. The van der Waals surface area contributed by atoms with Crippen LogP contribution in [0.1, 0.15) is 12.5 Å². The lowest BCUT2D eigenvalue weighted by Crippen LogP contribution is -2.24. The van der Waals surface area contributed by atoms with Crippen molar-refractivity contribution in [2.24, 2.45) is 10.7 Å². The SMILES string of the molecule is CC[N]C(N)=NCc1ccccc1. The first-order valence-corrected chi connectivity index (χ1v) is 4.34. The number of hydrogen-bond acceptors (Lipinski definition) is 1. The molecule has 0 aliphatic carbocycles. The van der Waals surface area contributed by atoms with E-state index in [1.165, 1.54) is 0 Å². The van der Waals surface area contributed by atoms with Gasteiger partial charge in [0.05, 0.1) is 6.54 Å². The summed E-state index contributed by atoms with van der Waals surface area (Å²) in [5.41, 5.74) is 6.67. The fourth-order valence-corrected chi connectivity index (χ4v) is 0.968. The Bertz CT molecular complexity index is 267. The van der Waals surface area contributed by atoms with Crippen molar-refractivity contribution in [1.29, 1.82) is 0 Å². The average molecular weight is 176 g/mol. The number of aliphatic imine (C=N–C) groups is 1. The van der Waals surface area contributed by atoms with E-state index in [1.807, 2.05) is 37.3 Å². The zero-order chi connectivity index (χ0) is 9.52. The average Bonchev–Trinajstić information content (AvgIpc) is 2.17. The summed E-state index contributed by atoms with van der Waals surface area (Å²) in [4.78, 5) is 4.11. The second kappa shape index (κ2) is 5.19. The van der Waals surface area contributed by atoms with Gasteiger partial charge in [-0.2, -0.15) is 0 Å². The lowest BCUT2D eigenvalue weighted by atomic mass is 10.2. The molecule has 0 spiro atoms. The lowest BCUT2D eigenvalue weighted by Gasteiger charge is -1.98. The smallest absolute Gasteiger partial charge is 0.210 e. The van der Waals surface area contributed by atoms with Crippen LogP contribution in [0.3, 0.4) is 0 Å². The van der Waals surface area contributed by atoms with Crippen LogP contribution in [0.5, 0.6) is 0 Å². The van der Waals surface area contributed by atoms with Crippen LogP contribution in [0.15, 0.2) is 35.3 Å².